The van der Waals surface area contributed by atoms with E-state index < -0.39 is 0 Å². The van der Waals surface area contributed by atoms with Gasteiger partial charge in [0.2, 0.25) is 5.91 Å². The number of tetrazole rings is 1. The maximum Gasteiger partial charge on any atom is 0.224 e. The monoisotopic (exact) mass is 324 g/mol. The van der Waals surface area contributed by atoms with Crippen molar-refractivity contribution in [3.05, 3.63) is 36.2 Å². The van der Waals surface area contributed by atoms with E-state index in [1.54, 1.807) is 4.68 Å². The molecule has 120 valence electrons. The van der Waals surface area contributed by atoms with Crippen molar-refractivity contribution in [3.63, 3.8) is 0 Å². The van der Waals surface area contributed by atoms with Crippen molar-refractivity contribution in [1.29, 1.82) is 0 Å². The summed E-state index contributed by atoms with van der Waals surface area (Å²) in [5.74, 6) is 0.0231. The van der Waals surface area contributed by atoms with E-state index in [2.05, 4.69) is 26.2 Å². The Labute approximate surface area is 135 Å². The van der Waals surface area contributed by atoms with Gasteiger partial charge < -0.3 is 10.6 Å². The van der Waals surface area contributed by atoms with Crippen LogP contribution >= 0.6 is 12.4 Å². The predicted octanol–water partition coefficient (Wildman–Crippen LogP) is 0.741. The molecule has 0 saturated carbocycles. The van der Waals surface area contributed by atoms with E-state index in [1.165, 1.54) is 6.33 Å². The Morgan fingerprint density at radius 3 is 2.64 bits per heavy atom. The smallest absolute Gasteiger partial charge is 0.224 e. The van der Waals surface area contributed by atoms with E-state index in [0.717, 1.165) is 17.8 Å². The first kappa shape index (κ1) is 18.1. The second kappa shape index (κ2) is 9.11. The highest BCUT2D eigenvalue weighted by Gasteiger charge is 2.06. The topological polar surface area (TPSA) is 84.7 Å². The van der Waals surface area contributed by atoms with E-state index in [4.69, 9.17) is 0 Å². The highest BCUT2D eigenvalue weighted by Crippen LogP contribution is 2.08. The van der Waals surface area contributed by atoms with Crippen LogP contribution in [0.25, 0.3) is 5.69 Å². The summed E-state index contributed by atoms with van der Waals surface area (Å²) in [7, 11) is 0. The molecule has 0 bridgehead atoms. The van der Waals surface area contributed by atoms with Gasteiger partial charge in [-0.25, -0.2) is 4.68 Å². The van der Waals surface area contributed by atoms with Crippen molar-refractivity contribution < 1.29 is 4.79 Å². The van der Waals surface area contributed by atoms with Crippen molar-refractivity contribution >= 4 is 18.3 Å². The summed E-state index contributed by atoms with van der Waals surface area (Å²) in [5, 5.41) is 17.2. The van der Waals surface area contributed by atoms with Gasteiger partial charge in [0.15, 0.2) is 0 Å². The first-order valence-electron chi connectivity index (χ1n) is 7.01. The summed E-state index contributed by atoms with van der Waals surface area (Å²) in [6.45, 7) is 5.63. The zero-order valence-corrected chi connectivity index (χ0v) is 13.5. The molecule has 0 aliphatic heterocycles. The van der Waals surface area contributed by atoms with Crippen molar-refractivity contribution in [1.82, 2.24) is 30.8 Å². The highest BCUT2D eigenvalue weighted by atomic mass is 35.5. The lowest BCUT2D eigenvalue weighted by Crippen LogP contribution is -2.39. The molecule has 1 heterocycles. The Hall–Kier alpha value is -1.99. The molecule has 22 heavy (non-hydrogen) atoms. The van der Waals surface area contributed by atoms with Gasteiger partial charge in [-0.05, 0) is 41.6 Å². The second-order valence-electron chi connectivity index (χ2n) is 4.86. The van der Waals surface area contributed by atoms with Crippen LogP contribution in [0.5, 0.6) is 0 Å². The lowest BCUT2D eigenvalue weighted by Gasteiger charge is -2.13. The molecular formula is C14H21ClN6O. The minimum atomic E-state index is 0. The molecule has 0 unspecified atom stereocenters. The van der Waals surface area contributed by atoms with Crippen LogP contribution in [0, 0.1) is 0 Å². The first-order chi connectivity index (χ1) is 10.2. The Balaban J connectivity index is 0.00000242. The summed E-state index contributed by atoms with van der Waals surface area (Å²) in [4.78, 5) is 11.9. The first-order valence-corrected chi connectivity index (χ1v) is 7.01. The van der Waals surface area contributed by atoms with E-state index in [0.29, 0.717) is 13.0 Å². The summed E-state index contributed by atoms with van der Waals surface area (Å²) < 4.78 is 1.57. The highest BCUT2D eigenvalue weighted by molar-refractivity contribution is 5.85. The normalized spacial score (nSPS) is 11.5. The Kier molecular flexibility index (Phi) is 7.48. The number of carbonyl (C=O) groups is 1. The van der Waals surface area contributed by atoms with Crippen molar-refractivity contribution in [2.75, 3.05) is 13.1 Å². The van der Waals surface area contributed by atoms with Crippen molar-refractivity contribution in [2.24, 2.45) is 0 Å². The van der Waals surface area contributed by atoms with Crippen LogP contribution in [0.2, 0.25) is 0 Å². The molecule has 0 saturated heterocycles. The number of nitrogens with zero attached hydrogens (tertiary/aromatic N) is 4. The molecule has 1 atom stereocenters. The number of aromatic nitrogens is 4. The minimum Gasteiger partial charge on any atom is -0.354 e. The molecule has 2 rings (SSSR count). The van der Waals surface area contributed by atoms with Crippen molar-refractivity contribution in [2.45, 2.75) is 26.3 Å². The average molecular weight is 325 g/mol. The van der Waals surface area contributed by atoms with Gasteiger partial charge >= 0.3 is 0 Å². The maximum atomic E-state index is 11.9. The molecule has 0 aliphatic carbocycles. The van der Waals surface area contributed by atoms with Gasteiger partial charge in [-0.3, -0.25) is 4.79 Å². The van der Waals surface area contributed by atoms with Gasteiger partial charge in [0.25, 0.3) is 0 Å². The summed E-state index contributed by atoms with van der Waals surface area (Å²) in [6.07, 6.45) is 1.90. The molecular weight excluding hydrogens is 304 g/mol. The quantitative estimate of drug-likeness (QED) is 0.784. The number of amides is 1. The van der Waals surface area contributed by atoms with Crippen LogP contribution in [-0.2, 0) is 11.2 Å². The van der Waals surface area contributed by atoms with E-state index in [9.17, 15) is 4.79 Å². The van der Waals surface area contributed by atoms with Crippen molar-refractivity contribution in [3.8, 4) is 5.69 Å². The van der Waals surface area contributed by atoms with E-state index >= 15 is 0 Å². The zero-order valence-electron chi connectivity index (χ0n) is 12.7. The number of hydrogen-bond donors (Lipinski definition) is 2. The van der Waals surface area contributed by atoms with Crippen LogP contribution < -0.4 is 10.6 Å². The van der Waals surface area contributed by atoms with Crippen LogP contribution in [0.4, 0.5) is 0 Å². The van der Waals surface area contributed by atoms with Crippen LogP contribution in [0.15, 0.2) is 30.6 Å². The number of hydrogen-bond acceptors (Lipinski definition) is 5. The number of rotatable bonds is 7. The standard InChI is InChI=1S/C14H20N6O.ClH/c1-3-15-11(2)9-16-14(21)8-12-4-6-13(7-5-12)20-10-17-18-19-20;/h4-7,10-11,15H,3,8-9H2,1-2H3,(H,16,21);1H/t11-;/m1./s1. The van der Waals surface area contributed by atoms with E-state index in [-0.39, 0.29) is 24.4 Å². The molecule has 1 aromatic heterocycles. The van der Waals surface area contributed by atoms with Gasteiger partial charge in [-0.1, -0.05) is 19.1 Å². The lowest BCUT2D eigenvalue weighted by atomic mass is 10.1. The average Bonchev–Trinajstić information content (AvgIpc) is 3.00. The van der Waals surface area contributed by atoms with E-state index in [1.807, 2.05) is 38.1 Å². The third kappa shape index (κ3) is 5.42. The summed E-state index contributed by atoms with van der Waals surface area (Å²) in [5.41, 5.74) is 1.82. The van der Waals surface area contributed by atoms with Gasteiger partial charge in [0.1, 0.15) is 6.33 Å². The number of carbonyl (C=O) groups excluding carboxylic acids is 1. The molecule has 1 amide bonds. The zero-order chi connectivity index (χ0) is 15.1. The van der Waals surface area contributed by atoms with Gasteiger partial charge in [0, 0.05) is 12.6 Å². The lowest BCUT2D eigenvalue weighted by molar-refractivity contribution is -0.120. The molecule has 0 aliphatic rings. The predicted molar refractivity (Wildman–Crippen MR) is 86.3 cm³/mol. The Morgan fingerprint density at radius 1 is 1.32 bits per heavy atom. The maximum absolute atomic E-state index is 11.9. The van der Waals surface area contributed by atoms with Gasteiger partial charge in [-0.15, -0.1) is 17.5 Å². The molecule has 8 heteroatoms. The van der Waals surface area contributed by atoms with Crippen LogP contribution in [0.1, 0.15) is 19.4 Å². The molecule has 0 radical (unpaired) electrons. The minimum absolute atomic E-state index is 0. The molecule has 1 aromatic carbocycles. The Morgan fingerprint density at radius 2 is 2.05 bits per heavy atom. The molecule has 2 N–H and O–H groups in total. The fraction of sp³-hybridized carbons (Fsp3) is 0.429. The molecule has 0 fully saturated rings. The SMILES string of the molecule is CCN[C@H](C)CNC(=O)Cc1ccc(-n2cnnn2)cc1.Cl. The van der Waals surface area contributed by atoms with Crippen LogP contribution in [-0.4, -0.2) is 45.2 Å². The molecule has 7 nitrogen and oxygen atoms in total. The van der Waals surface area contributed by atoms with Crippen LogP contribution in [0.3, 0.4) is 0 Å². The second-order valence-corrected chi connectivity index (χ2v) is 4.86. The fourth-order valence-corrected chi connectivity index (χ4v) is 1.98. The molecule has 2 aromatic rings. The Bertz CT molecular complexity index is 557. The number of nitrogens with one attached hydrogen (secondary N) is 2. The number of halogens is 1. The van der Waals surface area contributed by atoms with Gasteiger partial charge in [0.05, 0.1) is 12.1 Å². The third-order valence-electron chi connectivity index (χ3n) is 3.07. The number of likely N-dealkylation sites (N-methyl/N-ethyl adjacent to an activating group) is 1. The number of benzene rings is 1. The fourth-order valence-electron chi connectivity index (χ4n) is 1.98. The summed E-state index contributed by atoms with van der Waals surface area (Å²) >= 11 is 0. The molecule has 0 spiro atoms. The third-order valence-corrected chi connectivity index (χ3v) is 3.07. The van der Waals surface area contributed by atoms with Gasteiger partial charge in [-0.2, -0.15) is 0 Å². The summed E-state index contributed by atoms with van der Waals surface area (Å²) in [6, 6.07) is 7.87. The largest absolute Gasteiger partial charge is 0.354 e.